The molecule has 1 unspecified atom stereocenters. The van der Waals surface area contributed by atoms with Crippen LogP contribution in [0.25, 0.3) is 0 Å². The predicted molar refractivity (Wildman–Crippen MR) is 116 cm³/mol. The number of benzene rings is 2. The van der Waals surface area contributed by atoms with Crippen LogP contribution in [-0.4, -0.2) is 48.4 Å². The summed E-state index contributed by atoms with van der Waals surface area (Å²) in [5.74, 6) is 3.07. The lowest BCUT2D eigenvalue weighted by molar-refractivity contribution is 0.0622. The van der Waals surface area contributed by atoms with Crippen LogP contribution in [0.4, 0.5) is 0 Å². The summed E-state index contributed by atoms with van der Waals surface area (Å²) < 4.78 is 5.91. The van der Waals surface area contributed by atoms with E-state index in [1.807, 2.05) is 59.5 Å². The van der Waals surface area contributed by atoms with Gasteiger partial charge in [0.2, 0.25) is 0 Å². The van der Waals surface area contributed by atoms with E-state index in [0.29, 0.717) is 17.2 Å². The maximum absolute atomic E-state index is 13.1. The second kappa shape index (κ2) is 9.45. The summed E-state index contributed by atoms with van der Waals surface area (Å²) in [5, 5.41) is 0. The number of amides is 1. The van der Waals surface area contributed by atoms with Crippen LogP contribution in [0, 0.1) is 11.8 Å². The van der Waals surface area contributed by atoms with E-state index < -0.39 is 0 Å². The molecule has 0 radical (unpaired) electrons. The Morgan fingerprint density at radius 3 is 2.52 bits per heavy atom. The number of carbonyl (C=O) groups is 1. The largest absolute Gasteiger partial charge is 0.457 e. The zero-order chi connectivity index (χ0) is 20.1. The lowest BCUT2D eigenvalue weighted by Gasteiger charge is -2.38. The van der Waals surface area contributed by atoms with Crippen LogP contribution < -0.4 is 4.74 Å². The summed E-state index contributed by atoms with van der Waals surface area (Å²) in [6.07, 6.45) is 4.95. The monoisotopic (exact) mass is 392 g/mol. The number of para-hydroxylation sites is 1. The molecule has 1 atom stereocenters. The first-order valence-electron chi connectivity index (χ1n) is 11.0. The third-order valence-corrected chi connectivity index (χ3v) is 6.26. The Bertz CT molecular complexity index is 799. The summed E-state index contributed by atoms with van der Waals surface area (Å²) in [4.78, 5) is 17.8. The second-order valence-corrected chi connectivity index (χ2v) is 8.69. The van der Waals surface area contributed by atoms with E-state index in [0.717, 1.165) is 37.7 Å². The van der Waals surface area contributed by atoms with Gasteiger partial charge in [0.1, 0.15) is 11.5 Å². The van der Waals surface area contributed by atoms with Crippen LogP contribution in [0.3, 0.4) is 0 Å². The van der Waals surface area contributed by atoms with Gasteiger partial charge >= 0.3 is 0 Å². The van der Waals surface area contributed by atoms with Crippen LogP contribution in [-0.2, 0) is 0 Å². The number of hydrogen-bond acceptors (Lipinski definition) is 3. The first-order valence-corrected chi connectivity index (χ1v) is 11.0. The fourth-order valence-electron chi connectivity index (χ4n) is 4.51. The van der Waals surface area contributed by atoms with E-state index >= 15 is 0 Å². The van der Waals surface area contributed by atoms with Crippen LogP contribution >= 0.6 is 0 Å². The molecule has 154 valence electrons. The molecule has 0 bridgehead atoms. The van der Waals surface area contributed by atoms with Crippen molar-refractivity contribution in [2.24, 2.45) is 11.8 Å². The van der Waals surface area contributed by atoms with Crippen molar-refractivity contribution in [2.75, 3.05) is 32.7 Å². The Balaban J connectivity index is 1.36. The van der Waals surface area contributed by atoms with Gasteiger partial charge in [-0.25, -0.2) is 0 Å². The molecular formula is C25H32N2O2. The minimum atomic E-state index is 0.125. The molecule has 2 saturated heterocycles. The molecule has 2 aliphatic rings. The number of rotatable bonds is 5. The van der Waals surface area contributed by atoms with E-state index in [1.54, 1.807) is 0 Å². The lowest BCUT2D eigenvalue weighted by atomic mass is 9.94. The first kappa shape index (κ1) is 20.0. The molecule has 4 nitrogen and oxygen atoms in total. The average molecular weight is 393 g/mol. The third-order valence-electron chi connectivity index (χ3n) is 6.26. The first-order chi connectivity index (χ1) is 14.2. The quantitative estimate of drug-likeness (QED) is 0.713. The van der Waals surface area contributed by atoms with Gasteiger partial charge < -0.3 is 14.5 Å². The average Bonchev–Trinajstić information content (AvgIpc) is 2.76. The molecule has 2 aromatic rings. The highest BCUT2D eigenvalue weighted by molar-refractivity contribution is 5.94. The van der Waals surface area contributed by atoms with Crippen molar-refractivity contribution >= 4 is 5.91 Å². The number of carbonyl (C=O) groups excluding carboxylic acids is 1. The summed E-state index contributed by atoms with van der Waals surface area (Å²) in [6.45, 7) is 7.64. The van der Waals surface area contributed by atoms with Crippen LogP contribution in [0.2, 0.25) is 0 Å². The molecule has 0 saturated carbocycles. The molecule has 2 aromatic carbocycles. The molecule has 2 heterocycles. The van der Waals surface area contributed by atoms with Crippen molar-refractivity contribution in [3.8, 4) is 11.5 Å². The topological polar surface area (TPSA) is 32.8 Å². The van der Waals surface area contributed by atoms with Crippen molar-refractivity contribution < 1.29 is 9.53 Å². The minimum Gasteiger partial charge on any atom is -0.457 e. The molecule has 2 aliphatic heterocycles. The predicted octanol–water partition coefficient (Wildman–Crippen LogP) is 5.06. The van der Waals surface area contributed by atoms with E-state index in [9.17, 15) is 4.79 Å². The molecule has 0 aliphatic carbocycles. The highest BCUT2D eigenvalue weighted by atomic mass is 16.5. The van der Waals surface area contributed by atoms with Crippen molar-refractivity contribution in [3.05, 3.63) is 60.2 Å². The van der Waals surface area contributed by atoms with Crippen LogP contribution in [0.15, 0.2) is 54.6 Å². The van der Waals surface area contributed by atoms with Gasteiger partial charge in [0.15, 0.2) is 0 Å². The van der Waals surface area contributed by atoms with E-state index in [4.69, 9.17) is 4.74 Å². The molecule has 4 heteroatoms. The fraction of sp³-hybridized carbons (Fsp3) is 0.480. The van der Waals surface area contributed by atoms with Crippen molar-refractivity contribution in [3.63, 3.8) is 0 Å². The van der Waals surface area contributed by atoms with Gasteiger partial charge in [-0.05, 0) is 80.9 Å². The van der Waals surface area contributed by atoms with Crippen molar-refractivity contribution in [1.29, 1.82) is 0 Å². The minimum absolute atomic E-state index is 0.125. The number of piperidine rings is 2. The van der Waals surface area contributed by atoms with Crippen LogP contribution in [0.1, 0.15) is 43.0 Å². The molecular weight excluding hydrogens is 360 g/mol. The molecule has 0 aromatic heterocycles. The molecule has 2 fully saturated rings. The third kappa shape index (κ3) is 5.39. The van der Waals surface area contributed by atoms with Gasteiger partial charge in [0.05, 0.1) is 0 Å². The smallest absolute Gasteiger partial charge is 0.253 e. The van der Waals surface area contributed by atoms with Crippen molar-refractivity contribution in [1.82, 2.24) is 9.80 Å². The van der Waals surface area contributed by atoms with Gasteiger partial charge in [-0.3, -0.25) is 4.79 Å². The summed E-state index contributed by atoms with van der Waals surface area (Å²) >= 11 is 0. The molecule has 29 heavy (non-hydrogen) atoms. The summed E-state index contributed by atoms with van der Waals surface area (Å²) in [7, 11) is 0. The van der Waals surface area contributed by atoms with Crippen molar-refractivity contribution in [2.45, 2.75) is 32.6 Å². The van der Waals surface area contributed by atoms with Gasteiger partial charge in [-0.1, -0.05) is 31.2 Å². The standard InChI is InChI=1S/C25H32N2O2/c1-20-12-15-26(16-13-20)18-21-7-6-14-27(19-21)25(28)22-8-5-11-24(17-22)29-23-9-3-2-4-10-23/h2-5,8-11,17,20-21H,6-7,12-16,18-19H2,1H3. The number of likely N-dealkylation sites (tertiary alicyclic amines) is 2. The molecule has 4 rings (SSSR count). The highest BCUT2D eigenvalue weighted by Gasteiger charge is 2.27. The molecule has 1 amide bonds. The number of hydrogen-bond donors (Lipinski definition) is 0. The lowest BCUT2D eigenvalue weighted by Crippen LogP contribution is -2.45. The Morgan fingerprint density at radius 2 is 1.72 bits per heavy atom. The van der Waals surface area contributed by atoms with Gasteiger partial charge in [0.25, 0.3) is 5.91 Å². The maximum atomic E-state index is 13.1. The normalized spacial score (nSPS) is 21.1. The van der Waals surface area contributed by atoms with Gasteiger partial charge in [0, 0.05) is 25.2 Å². The Kier molecular flexibility index (Phi) is 6.50. The zero-order valence-electron chi connectivity index (χ0n) is 17.4. The van der Waals surface area contributed by atoms with Crippen LogP contribution in [0.5, 0.6) is 11.5 Å². The number of ether oxygens (including phenoxy) is 1. The Labute approximate surface area is 174 Å². The number of nitrogens with zero attached hydrogens (tertiary/aromatic N) is 2. The summed E-state index contributed by atoms with van der Waals surface area (Å²) in [6, 6.07) is 17.3. The van der Waals surface area contributed by atoms with E-state index in [-0.39, 0.29) is 5.91 Å². The van der Waals surface area contributed by atoms with E-state index in [1.165, 1.54) is 32.4 Å². The molecule has 0 N–H and O–H groups in total. The SMILES string of the molecule is CC1CCN(CC2CCCN(C(=O)c3cccc(Oc4ccccc4)c3)C2)CC1. The second-order valence-electron chi connectivity index (χ2n) is 8.69. The van der Waals surface area contributed by atoms with Gasteiger partial charge in [-0.15, -0.1) is 0 Å². The Morgan fingerprint density at radius 1 is 0.966 bits per heavy atom. The highest BCUT2D eigenvalue weighted by Crippen LogP contribution is 2.25. The van der Waals surface area contributed by atoms with E-state index in [2.05, 4.69) is 11.8 Å². The zero-order valence-corrected chi connectivity index (χ0v) is 17.4. The molecule has 0 spiro atoms. The van der Waals surface area contributed by atoms with Gasteiger partial charge in [-0.2, -0.15) is 0 Å². The Hall–Kier alpha value is -2.33. The summed E-state index contributed by atoms with van der Waals surface area (Å²) in [5.41, 5.74) is 0.714. The fourth-order valence-corrected chi connectivity index (χ4v) is 4.51. The maximum Gasteiger partial charge on any atom is 0.253 e.